The molecule has 0 rings (SSSR count). The van der Waals surface area contributed by atoms with Gasteiger partial charge in [-0.2, -0.15) is 0 Å². The molecule has 3 heteroatoms. The van der Waals surface area contributed by atoms with Gasteiger partial charge in [0.25, 0.3) is 0 Å². The average Bonchev–Trinajstić information content (AvgIpc) is 1.98. The van der Waals surface area contributed by atoms with Crippen LogP contribution in [-0.2, 0) is 9.59 Å². The minimum atomic E-state index is -0.00167. The molecule has 0 unspecified atom stereocenters. The number of hydrogen-bond acceptors (Lipinski definition) is 2. The molecule has 0 saturated carbocycles. The van der Waals surface area contributed by atoms with Crippen LogP contribution < -0.4 is 0 Å². The van der Waals surface area contributed by atoms with Gasteiger partial charge in [-0.25, -0.2) is 0 Å². The highest BCUT2D eigenvalue weighted by molar-refractivity contribution is 5.83. The molecule has 0 aromatic rings. The summed E-state index contributed by atoms with van der Waals surface area (Å²) in [6.45, 7) is 7.64. The number of hydrogen-bond donors (Lipinski definition) is 0. The molecule has 3 nitrogen and oxygen atoms in total. The number of rotatable bonds is 5. The standard InChI is InChI=1S/C10H17NO2/c1-8(2)7-11(4)10(13)6-5-9(3)12/h1,5-7H2,2-4H3. The van der Waals surface area contributed by atoms with Gasteiger partial charge in [0.05, 0.1) is 0 Å². The van der Waals surface area contributed by atoms with E-state index in [0.717, 1.165) is 5.57 Å². The molecule has 0 heterocycles. The number of Topliss-reactive ketones (excluding diaryl/α,β-unsaturated/α-hetero) is 1. The zero-order valence-electron chi connectivity index (χ0n) is 8.59. The van der Waals surface area contributed by atoms with Crippen LogP contribution in [0.2, 0.25) is 0 Å². The molecule has 0 aliphatic carbocycles. The molecule has 0 spiro atoms. The van der Waals surface area contributed by atoms with Crippen LogP contribution in [0.5, 0.6) is 0 Å². The van der Waals surface area contributed by atoms with Gasteiger partial charge in [-0.05, 0) is 13.8 Å². The van der Waals surface area contributed by atoms with E-state index < -0.39 is 0 Å². The smallest absolute Gasteiger partial charge is 0.223 e. The third-order valence-electron chi connectivity index (χ3n) is 1.62. The summed E-state index contributed by atoms with van der Waals surface area (Å²) in [5.74, 6) is 0.0512. The molecule has 0 aliphatic heterocycles. The Morgan fingerprint density at radius 3 is 2.15 bits per heavy atom. The first-order valence-electron chi connectivity index (χ1n) is 4.31. The monoisotopic (exact) mass is 183 g/mol. The average molecular weight is 183 g/mol. The maximum atomic E-state index is 11.3. The first-order valence-corrected chi connectivity index (χ1v) is 4.31. The van der Waals surface area contributed by atoms with Crippen molar-refractivity contribution >= 4 is 11.7 Å². The molecule has 0 aromatic carbocycles. The molecular weight excluding hydrogens is 166 g/mol. The van der Waals surface area contributed by atoms with Gasteiger partial charge in [-0.15, -0.1) is 0 Å². The predicted molar refractivity (Wildman–Crippen MR) is 52.4 cm³/mol. The number of ketones is 1. The van der Waals surface area contributed by atoms with Crippen molar-refractivity contribution in [3.05, 3.63) is 12.2 Å². The SMILES string of the molecule is C=C(C)CN(C)C(=O)CCC(C)=O. The molecule has 0 saturated heterocycles. The van der Waals surface area contributed by atoms with Gasteiger partial charge in [-0.1, -0.05) is 12.2 Å². The van der Waals surface area contributed by atoms with Crippen molar-refractivity contribution < 1.29 is 9.59 Å². The number of amides is 1. The van der Waals surface area contributed by atoms with E-state index >= 15 is 0 Å². The van der Waals surface area contributed by atoms with Crippen LogP contribution in [0.15, 0.2) is 12.2 Å². The highest BCUT2D eigenvalue weighted by Crippen LogP contribution is 1.99. The lowest BCUT2D eigenvalue weighted by Gasteiger charge is -2.16. The van der Waals surface area contributed by atoms with Gasteiger partial charge in [0.2, 0.25) is 5.91 Å². The fourth-order valence-corrected chi connectivity index (χ4v) is 0.967. The maximum absolute atomic E-state index is 11.3. The van der Waals surface area contributed by atoms with E-state index in [4.69, 9.17) is 0 Å². The summed E-state index contributed by atoms with van der Waals surface area (Å²) in [6, 6.07) is 0. The lowest BCUT2D eigenvalue weighted by molar-refractivity contribution is -0.131. The maximum Gasteiger partial charge on any atom is 0.223 e. The van der Waals surface area contributed by atoms with Crippen molar-refractivity contribution in [3.8, 4) is 0 Å². The molecule has 0 aliphatic rings. The Kier molecular flexibility index (Phi) is 5.04. The van der Waals surface area contributed by atoms with Crippen LogP contribution in [-0.4, -0.2) is 30.2 Å². The van der Waals surface area contributed by atoms with E-state index in [9.17, 15) is 9.59 Å². The topological polar surface area (TPSA) is 37.4 Å². The molecule has 0 fully saturated rings. The zero-order chi connectivity index (χ0) is 10.4. The Morgan fingerprint density at radius 1 is 1.23 bits per heavy atom. The predicted octanol–water partition coefficient (Wildman–Crippen LogP) is 1.39. The molecular formula is C10H17NO2. The Morgan fingerprint density at radius 2 is 1.77 bits per heavy atom. The van der Waals surface area contributed by atoms with Crippen LogP contribution in [0, 0.1) is 0 Å². The summed E-state index contributed by atoms with van der Waals surface area (Å²) in [7, 11) is 1.72. The molecule has 74 valence electrons. The normalized spacial score (nSPS) is 9.46. The van der Waals surface area contributed by atoms with Crippen molar-refractivity contribution in [2.45, 2.75) is 26.7 Å². The second kappa shape index (κ2) is 5.51. The van der Waals surface area contributed by atoms with E-state index in [1.165, 1.54) is 6.92 Å². The van der Waals surface area contributed by atoms with Crippen LogP contribution in [0.3, 0.4) is 0 Å². The van der Waals surface area contributed by atoms with E-state index in [1.54, 1.807) is 11.9 Å². The molecule has 0 atom stereocenters. The molecule has 13 heavy (non-hydrogen) atoms. The molecule has 0 N–H and O–H groups in total. The van der Waals surface area contributed by atoms with Crippen molar-refractivity contribution in [2.24, 2.45) is 0 Å². The third-order valence-corrected chi connectivity index (χ3v) is 1.62. The second-order valence-electron chi connectivity index (χ2n) is 3.41. The quantitative estimate of drug-likeness (QED) is 0.604. The molecule has 0 radical (unpaired) electrons. The van der Waals surface area contributed by atoms with Crippen molar-refractivity contribution in [3.63, 3.8) is 0 Å². The van der Waals surface area contributed by atoms with Crippen LogP contribution in [0.25, 0.3) is 0 Å². The van der Waals surface area contributed by atoms with Crippen LogP contribution in [0.4, 0.5) is 0 Å². The summed E-state index contributed by atoms with van der Waals surface area (Å²) >= 11 is 0. The summed E-state index contributed by atoms with van der Waals surface area (Å²) in [5.41, 5.74) is 0.943. The highest BCUT2D eigenvalue weighted by Gasteiger charge is 2.08. The van der Waals surface area contributed by atoms with Crippen molar-refractivity contribution in [2.75, 3.05) is 13.6 Å². The van der Waals surface area contributed by atoms with E-state index in [2.05, 4.69) is 6.58 Å². The Hall–Kier alpha value is -1.12. The highest BCUT2D eigenvalue weighted by atomic mass is 16.2. The van der Waals surface area contributed by atoms with Gasteiger partial charge >= 0.3 is 0 Å². The van der Waals surface area contributed by atoms with E-state index in [1.807, 2.05) is 6.92 Å². The Balaban J connectivity index is 3.82. The largest absolute Gasteiger partial charge is 0.342 e. The molecule has 0 aromatic heterocycles. The van der Waals surface area contributed by atoms with Gasteiger partial charge in [0, 0.05) is 26.4 Å². The Labute approximate surface area is 79.4 Å². The number of carbonyl (C=O) groups is 2. The zero-order valence-corrected chi connectivity index (χ0v) is 8.59. The summed E-state index contributed by atoms with van der Waals surface area (Å²) in [4.78, 5) is 23.5. The summed E-state index contributed by atoms with van der Waals surface area (Å²) in [5, 5.41) is 0. The number of nitrogens with zero attached hydrogens (tertiary/aromatic N) is 1. The van der Waals surface area contributed by atoms with Gasteiger partial charge in [0.15, 0.2) is 0 Å². The lowest BCUT2D eigenvalue weighted by atomic mass is 10.2. The fraction of sp³-hybridized carbons (Fsp3) is 0.600. The summed E-state index contributed by atoms with van der Waals surface area (Å²) < 4.78 is 0. The molecule has 1 amide bonds. The first-order chi connectivity index (χ1) is 5.93. The van der Waals surface area contributed by atoms with E-state index in [-0.39, 0.29) is 11.7 Å². The fourth-order valence-electron chi connectivity index (χ4n) is 0.967. The van der Waals surface area contributed by atoms with Gasteiger partial charge < -0.3 is 9.69 Å². The minimum absolute atomic E-state index is 0.00167. The lowest BCUT2D eigenvalue weighted by Crippen LogP contribution is -2.28. The minimum Gasteiger partial charge on any atom is -0.342 e. The first kappa shape index (κ1) is 11.9. The van der Waals surface area contributed by atoms with E-state index in [0.29, 0.717) is 19.4 Å². The van der Waals surface area contributed by atoms with Crippen LogP contribution in [0.1, 0.15) is 26.7 Å². The summed E-state index contributed by atoms with van der Waals surface area (Å²) in [6.07, 6.45) is 0.637. The van der Waals surface area contributed by atoms with Crippen LogP contribution >= 0.6 is 0 Å². The Bertz CT molecular complexity index is 221. The third kappa shape index (κ3) is 6.08. The van der Waals surface area contributed by atoms with Crippen molar-refractivity contribution in [1.29, 1.82) is 0 Å². The van der Waals surface area contributed by atoms with Crippen molar-refractivity contribution in [1.82, 2.24) is 4.90 Å². The number of carbonyl (C=O) groups excluding carboxylic acids is 2. The van der Waals surface area contributed by atoms with Gasteiger partial charge in [0.1, 0.15) is 5.78 Å². The van der Waals surface area contributed by atoms with Gasteiger partial charge in [-0.3, -0.25) is 4.79 Å². The number of likely N-dealkylation sites (N-methyl/N-ethyl adjacent to an activating group) is 1. The second-order valence-corrected chi connectivity index (χ2v) is 3.41. The molecule has 0 bridgehead atoms.